The summed E-state index contributed by atoms with van der Waals surface area (Å²) in [6.07, 6.45) is 0. The molecule has 4 heteroatoms. The second-order valence-electron chi connectivity index (χ2n) is 4.70. The van der Waals surface area contributed by atoms with Crippen molar-refractivity contribution >= 4 is 22.6 Å². The van der Waals surface area contributed by atoms with Crippen LogP contribution in [0.2, 0.25) is 0 Å². The lowest BCUT2D eigenvalue weighted by molar-refractivity contribution is 0.0698. The third-order valence-corrected chi connectivity index (χ3v) is 3.27. The van der Waals surface area contributed by atoms with E-state index in [-0.39, 0.29) is 5.56 Å². The van der Waals surface area contributed by atoms with Gasteiger partial charge in [-0.15, -0.1) is 0 Å². The van der Waals surface area contributed by atoms with Gasteiger partial charge in [-0.1, -0.05) is 36.4 Å². The second-order valence-corrected chi connectivity index (χ2v) is 4.70. The number of para-hydroxylation sites is 2. The lowest BCUT2D eigenvalue weighted by Gasteiger charge is -2.09. The lowest BCUT2D eigenvalue weighted by Crippen LogP contribution is -2.07. The van der Waals surface area contributed by atoms with Crippen molar-refractivity contribution in [1.29, 1.82) is 0 Å². The Morgan fingerprint density at radius 1 is 1.00 bits per heavy atom. The van der Waals surface area contributed by atoms with Crippen LogP contribution in [0.4, 0.5) is 5.69 Å². The summed E-state index contributed by atoms with van der Waals surface area (Å²) in [6.45, 7) is 0.481. The molecule has 2 aromatic carbocycles. The van der Waals surface area contributed by atoms with Gasteiger partial charge in [0.25, 0.3) is 0 Å². The molecule has 1 aromatic heterocycles. The van der Waals surface area contributed by atoms with Gasteiger partial charge in [-0.3, -0.25) is 4.98 Å². The van der Waals surface area contributed by atoms with Gasteiger partial charge in [0.2, 0.25) is 0 Å². The Hall–Kier alpha value is -2.88. The van der Waals surface area contributed by atoms with E-state index in [4.69, 9.17) is 5.11 Å². The first-order valence-corrected chi connectivity index (χ1v) is 6.65. The largest absolute Gasteiger partial charge is 0.478 e. The van der Waals surface area contributed by atoms with Crippen LogP contribution in [0.15, 0.2) is 60.7 Å². The number of aromatic nitrogens is 1. The fourth-order valence-corrected chi connectivity index (χ4v) is 2.22. The van der Waals surface area contributed by atoms with E-state index >= 15 is 0 Å². The number of carboxylic acid groups (broad SMARTS) is 1. The summed E-state index contributed by atoms with van der Waals surface area (Å²) in [5, 5.41) is 13.4. The van der Waals surface area contributed by atoms with Gasteiger partial charge in [-0.25, -0.2) is 4.79 Å². The quantitative estimate of drug-likeness (QED) is 0.766. The van der Waals surface area contributed by atoms with Crippen LogP contribution in [0.1, 0.15) is 16.1 Å². The minimum atomic E-state index is -0.940. The highest BCUT2D eigenvalue weighted by Gasteiger charge is 2.08. The number of hydrogen-bond donors (Lipinski definition) is 2. The summed E-state index contributed by atoms with van der Waals surface area (Å²) >= 11 is 0. The SMILES string of the molecule is O=C(O)c1ccccc1NCc1ccc2ccccc2n1. The summed E-state index contributed by atoms with van der Waals surface area (Å²) in [7, 11) is 0. The summed E-state index contributed by atoms with van der Waals surface area (Å²) < 4.78 is 0. The predicted octanol–water partition coefficient (Wildman–Crippen LogP) is 3.55. The van der Waals surface area contributed by atoms with E-state index in [1.807, 2.05) is 42.5 Å². The number of nitrogens with zero attached hydrogens (tertiary/aromatic N) is 1. The first kappa shape index (κ1) is 13.1. The van der Waals surface area contributed by atoms with E-state index in [1.54, 1.807) is 18.2 Å². The summed E-state index contributed by atoms with van der Waals surface area (Å²) in [5.41, 5.74) is 2.66. The highest BCUT2D eigenvalue weighted by Crippen LogP contribution is 2.17. The zero-order chi connectivity index (χ0) is 14.7. The number of nitrogens with one attached hydrogen (secondary N) is 1. The second kappa shape index (κ2) is 5.63. The molecular formula is C17H14N2O2. The molecule has 2 N–H and O–H groups in total. The van der Waals surface area contributed by atoms with Gasteiger partial charge < -0.3 is 10.4 Å². The first-order chi connectivity index (χ1) is 10.2. The van der Waals surface area contributed by atoms with Crippen molar-refractivity contribution in [3.63, 3.8) is 0 Å². The Kier molecular flexibility index (Phi) is 3.51. The monoisotopic (exact) mass is 278 g/mol. The Morgan fingerprint density at radius 2 is 1.76 bits per heavy atom. The molecule has 0 aliphatic carbocycles. The first-order valence-electron chi connectivity index (χ1n) is 6.65. The number of aromatic carboxylic acids is 1. The van der Waals surface area contributed by atoms with Gasteiger partial charge >= 0.3 is 5.97 Å². The molecule has 3 aromatic rings. The molecule has 0 amide bonds. The Bertz CT molecular complexity index is 799. The van der Waals surface area contributed by atoms with Crippen LogP contribution in [0.25, 0.3) is 10.9 Å². The van der Waals surface area contributed by atoms with Gasteiger partial charge in [0.05, 0.1) is 23.3 Å². The fourth-order valence-electron chi connectivity index (χ4n) is 2.22. The van der Waals surface area contributed by atoms with Crippen molar-refractivity contribution in [1.82, 2.24) is 4.98 Å². The molecule has 1 heterocycles. The van der Waals surface area contributed by atoms with E-state index in [1.165, 1.54) is 0 Å². The number of benzene rings is 2. The highest BCUT2D eigenvalue weighted by molar-refractivity contribution is 5.94. The van der Waals surface area contributed by atoms with Crippen molar-refractivity contribution in [3.8, 4) is 0 Å². The predicted molar refractivity (Wildman–Crippen MR) is 82.5 cm³/mol. The van der Waals surface area contributed by atoms with Crippen molar-refractivity contribution < 1.29 is 9.90 Å². The maximum absolute atomic E-state index is 11.2. The summed E-state index contributed by atoms with van der Waals surface area (Å²) in [5.74, 6) is -0.940. The molecule has 0 aliphatic rings. The number of pyridine rings is 1. The van der Waals surface area contributed by atoms with Crippen molar-refractivity contribution in [3.05, 3.63) is 71.9 Å². The maximum Gasteiger partial charge on any atom is 0.337 e. The Labute approximate surface area is 122 Å². The van der Waals surface area contributed by atoms with E-state index in [0.717, 1.165) is 16.6 Å². The lowest BCUT2D eigenvalue weighted by atomic mass is 10.1. The van der Waals surface area contributed by atoms with Crippen LogP contribution < -0.4 is 5.32 Å². The molecule has 0 fully saturated rings. The fraction of sp³-hybridized carbons (Fsp3) is 0.0588. The van der Waals surface area contributed by atoms with E-state index in [9.17, 15) is 4.79 Å². The average Bonchev–Trinajstić information content (AvgIpc) is 2.53. The number of carboxylic acids is 1. The molecular weight excluding hydrogens is 264 g/mol. The van der Waals surface area contributed by atoms with Gasteiger partial charge in [-0.2, -0.15) is 0 Å². The summed E-state index contributed by atoms with van der Waals surface area (Å²) in [6, 6.07) is 18.7. The normalized spacial score (nSPS) is 10.5. The van der Waals surface area contributed by atoms with Crippen LogP contribution in [-0.4, -0.2) is 16.1 Å². The van der Waals surface area contributed by atoms with Crippen LogP contribution in [0.5, 0.6) is 0 Å². The molecule has 21 heavy (non-hydrogen) atoms. The van der Waals surface area contributed by atoms with Crippen molar-refractivity contribution in [2.45, 2.75) is 6.54 Å². The molecule has 104 valence electrons. The van der Waals surface area contributed by atoms with Gasteiger partial charge in [0.15, 0.2) is 0 Å². The standard InChI is InChI=1S/C17H14N2O2/c20-17(21)14-6-2-4-8-16(14)18-11-13-10-9-12-5-1-3-7-15(12)19-13/h1-10,18H,11H2,(H,20,21). The minimum Gasteiger partial charge on any atom is -0.478 e. The van der Waals surface area contributed by atoms with E-state index in [0.29, 0.717) is 12.2 Å². The van der Waals surface area contributed by atoms with Gasteiger partial charge in [0.1, 0.15) is 0 Å². The third kappa shape index (κ3) is 2.84. The number of fused-ring (bicyclic) bond motifs is 1. The molecule has 0 spiro atoms. The van der Waals surface area contributed by atoms with Crippen LogP contribution >= 0.6 is 0 Å². The molecule has 0 unspecified atom stereocenters. The zero-order valence-electron chi connectivity index (χ0n) is 11.3. The van der Waals surface area contributed by atoms with Crippen molar-refractivity contribution in [2.24, 2.45) is 0 Å². The number of carbonyl (C=O) groups is 1. The topological polar surface area (TPSA) is 62.2 Å². The third-order valence-electron chi connectivity index (χ3n) is 3.27. The molecule has 0 saturated carbocycles. The smallest absolute Gasteiger partial charge is 0.337 e. The Morgan fingerprint density at radius 3 is 2.62 bits per heavy atom. The molecule has 0 bridgehead atoms. The van der Waals surface area contributed by atoms with E-state index < -0.39 is 5.97 Å². The highest BCUT2D eigenvalue weighted by atomic mass is 16.4. The molecule has 3 rings (SSSR count). The zero-order valence-corrected chi connectivity index (χ0v) is 11.3. The number of hydrogen-bond acceptors (Lipinski definition) is 3. The molecule has 0 aliphatic heterocycles. The minimum absolute atomic E-state index is 0.262. The molecule has 0 radical (unpaired) electrons. The van der Waals surface area contributed by atoms with Crippen LogP contribution in [0.3, 0.4) is 0 Å². The maximum atomic E-state index is 11.2. The average molecular weight is 278 g/mol. The van der Waals surface area contributed by atoms with Gasteiger partial charge in [0, 0.05) is 11.1 Å². The van der Waals surface area contributed by atoms with Gasteiger partial charge in [-0.05, 0) is 24.3 Å². The molecule has 0 atom stereocenters. The number of anilines is 1. The molecule has 4 nitrogen and oxygen atoms in total. The van der Waals surface area contributed by atoms with E-state index in [2.05, 4.69) is 10.3 Å². The summed E-state index contributed by atoms with van der Waals surface area (Å²) in [4.78, 5) is 15.7. The van der Waals surface area contributed by atoms with Crippen LogP contribution in [-0.2, 0) is 6.54 Å². The van der Waals surface area contributed by atoms with Crippen LogP contribution in [0, 0.1) is 0 Å². The number of rotatable bonds is 4. The Balaban J connectivity index is 1.82. The molecule has 0 saturated heterocycles. The van der Waals surface area contributed by atoms with Crippen molar-refractivity contribution in [2.75, 3.05) is 5.32 Å².